The van der Waals surface area contributed by atoms with Crippen molar-refractivity contribution in [3.05, 3.63) is 52.8 Å². The lowest BCUT2D eigenvalue weighted by Crippen LogP contribution is -2.18. The molecule has 26 heavy (non-hydrogen) atoms. The summed E-state index contributed by atoms with van der Waals surface area (Å²) in [5.74, 6) is -0.921. The number of rotatable bonds is 7. The number of nitrogens with one attached hydrogen (secondary N) is 1. The van der Waals surface area contributed by atoms with E-state index in [2.05, 4.69) is 5.32 Å². The van der Waals surface area contributed by atoms with E-state index in [4.69, 9.17) is 14.9 Å². The molecule has 0 unspecified atom stereocenters. The predicted octanol–water partition coefficient (Wildman–Crippen LogP) is 2.94. The number of hydrogen-bond acceptors (Lipinski definition) is 5. The first kappa shape index (κ1) is 19.0. The number of carbonyl (C=O) groups is 3. The third kappa shape index (κ3) is 4.38. The predicted molar refractivity (Wildman–Crippen MR) is 97.2 cm³/mol. The number of hydrogen-bond donors (Lipinski definition) is 2. The van der Waals surface area contributed by atoms with Crippen molar-refractivity contribution in [2.24, 2.45) is 5.73 Å². The van der Waals surface area contributed by atoms with Crippen LogP contribution in [0.3, 0.4) is 0 Å². The van der Waals surface area contributed by atoms with Gasteiger partial charge in [-0.2, -0.15) is 0 Å². The molecule has 1 aromatic carbocycles. The van der Waals surface area contributed by atoms with E-state index in [-0.39, 0.29) is 28.6 Å². The van der Waals surface area contributed by atoms with E-state index in [0.717, 1.165) is 11.3 Å². The third-order valence-corrected chi connectivity index (χ3v) is 3.54. The first-order chi connectivity index (χ1) is 12.3. The summed E-state index contributed by atoms with van der Waals surface area (Å²) in [4.78, 5) is 35.4. The highest BCUT2D eigenvalue weighted by atomic mass is 16.5. The quantitative estimate of drug-likeness (QED) is 0.585. The first-order valence-corrected chi connectivity index (χ1v) is 7.99. The van der Waals surface area contributed by atoms with Gasteiger partial charge >= 0.3 is 0 Å². The largest absolute Gasteiger partial charge is 0.494 e. The highest BCUT2D eigenvalue weighted by Crippen LogP contribution is 2.27. The third-order valence-electron chi connectivity index (χ3n) is 3.54. The van der Waals surface area contributed by atoms with Crippen LogP contribution in [-0.4, -0.2) is 24.2 Å². The lowest BCUT2D eigenvalue weighted by molar-refractivity contribution is -0.111. The van der Waals surface area contributed by atoms with E-state index >= 15 is 0 Å². The van der Waals surface area contributed by atoms with Crippen LogP contribution in [0.2, 0.25) is 0 Å². The van der Waals surface area contributed by atoms with Crippen LogP contribution in [-0.2, 0) is 4.79 Å². The Morgan fingerprint density at radius 2 is 1.85 bits per heavy atom. The Balaban J connectivity index is 2.16. The molecule has 0 atom stereocenters. The van der Waals surface area contributed by atoms with Gasteiger partial charge in [0.1, 0.15) is 17.1 Å². The molecular weight excluding hydrogens is 336 g/mol. The summed E-state index contributed by atoms with van der Waals surface area (Å²) >= 11 is 0. The second kappa shape index (κ2) is 8.15. The van der Waals surface area contributed by atoms with E-state index in [9.17, 15) is 14.4 Å². The summed E-state index contributed by atoms with van der Waals surface area (Å²) in [6.45, 7) is 5.28. The molecule has 136 valence electrons. The van der Waals surface area contributed by atoms with E-state index in [1.807, 2.05) is 6.92 Å². The summed E-state index contributed by atoms with van der Waals surface area (Å²) in [5.41, 5.74) is 6.05. The second-order valence-electron chi connectivity index (χ2n) is 5.48. The van der Waals surface area contributed by atoms with Gasteiger partial charge in [0.05, 0.1) is 12.2 Å². The highest BCUT2D eigenvalue weighted by Gasteiger charge is 2.25. The fourth-order valence-corrected chi connectivity index (χ4v) is 2.46. The van der Waals surface area contributed by atoms with Gasteiger partial charge in [-0.05, 0) is 44.5 Å². The molecule has 3 N–H and O–H groups in total. The number of benzene rings is 1. The Morgan fingerprint density at radius 3 is 2.38 bits per heavy atom. The first-order valence-electron chi connectivity index (χ1n) is 7.99. The second-order valence-corrected chi connectivity index (χ2v) is 5.48. The van der Waals surface area contributed by atoms with Crippen LogP contribution < -0.4 is 15.8 Å². The molecule has 0 aliphatic heterocycles. The number of carbonyl (C=O) groups excluding carboxylic acids is 3. The molecule has 0 aliphatic rings. The van der Waals surface area contributed by atoms with Crippen molar-refractivity contribution in [3.63, 3.8) is 0 Å². The van der Waals surface area contributed by atoms with Gasteiger partial charge in [0.2, 0.25) is 5.88 Å². The van der Waals surface area contributed by atoms with Gasteiger partial charge in [0.25, 0.3) is 11.8 Å². The van der Waals surface area contributed by atoms with Crippen molar-refractivity contribution in [1.82, 2.24) is 0 Å². The zero-order chi connectivity index (χ0) is 19.3. The lowest BCUT2D eigenvalue weighted by atomic mass is 10.1. The van der Waals surface area contributed by atoms with Crippen LogP contribution >= 0.6 is 0 Å². The number of nitrogens with two attached hydrogens (primary N) is 1. The molecule has 0 saturated heterocycles. The molecule has 7 nitrogen and oxygen atoms in total. The Kier molecular flexibility index (Phi) is 5.95. The zero-order valence-corrected chi connectivity index (χ0v) is 14.8. The van der Waals surface area contributed by atoms with Gasteiger partial charge in [0, 0.05) is 6.08 Å². The van der Waals surface area contributed by atoms with Crippen LogP contribution in [0.1, 0.15) is 45.9 Å². The number of anilines is 1. The molecule has 0 radical (unpaired) electrons. The summed E-state index contributed by atoms with van der Waals surface area (Å²) in [5, 5.41) is 2.44. The lowest BCUT2D eigenvalue weighted by Gasteiger charge is -2.03. The van der Waals surface area contributed by atoms with Crippen molar-refractivity contribution in [3.8, 4) is 5.75 Å². The van der Waals surface area contributed by atoms with E-state index in [1.165, 1.54) is 19.9 Å². The number of furan rings is 1. The summed E-state index contributed by atoms with van der Waals surface area (Å²) in [7, 11) is 0. The van der Waals surface area contributed by atoms with Crippen LogP contribution in [0.25, 0.3) is 6.08 Å². The molecule has 2 rings (SSSR count). The van der Waals surface area contributed by atoms with Gasteiger partial charge in [0.15, 0.2) is 5.78 Å². The van der Waals surface area contributed by atoms with E-state index < -0.39 is 11.8 Å². The fraction of sp³-hybridized carbons (Fsp3) is 0.211. The molecule has 0 bridgehead atoms. The average Bonchev–Trinajstić information content (AvgIpc) is 2.91. The molecule has 7 heteroatoms. The summed E-state index contributed by atoms with van der Waals surface area (Å²) in [6.07, 6.45) is 2.88. The topological polar surface area (TPSA) is 112 Å². The molecule has 0 saturated carbocycles. The van der Waals surface area contributed by atoms with Crippen molar-refractivity contribution < 1.29 is 23.5 Å². The Labute approximate surface area is 150 Å². The van der Waals surface area contributed by atoms with Gasteiger partial charge in [-0.3, -0.25) is 19.7 Å². The number of primary amides is 1. The summed E-state index contributed by atoms with van der Waals surface area (Å²) in [6, 6.07) is 7.19. The number of amides is 2. The van der Waals surface area contributed by atoms with Gasteiger partial charge in [-0.15, -0.1) is 0 Å². The number of aryl methyl sites for hydroxylation is 1. The van der Waals surface area contributed by atoms with E-state index in [1.54, 1.807) is 30.3 Å². The molecule has 1 aromatic heterocycles. The molecular formula is C19H20N2O5. The van der Waals surface area contributed by atoms with Crippen LogP contribution in [0.5, 0.6) is 5.75 Å². The molecule has 2 amide bonds. The SMILES string of the molecule is CCOc1ccc(/C=C/C(=O)Nc2oc(C)c(C(C)=O)c2C(N)=O)cc1. The standard InChI is InChI=1S/C19H20N2O5/c1-4-25-14-8-5-13(6-9-14)7-10-15(23)21-19-17(18(20)24)16(11(2)22)12(3)26-19/h5-10H,4H2,1-3H3,(H2,20,24)(H,21,23)/b10-7+. The Hall–Kier alpha value is -3.35. The van der Waals surface area contributed by atoms with Gasteiger partial charge < -0.3 is 14.9 Å². The fourth-order valence-electron chi connectivity index (χ4n) is 2.46. The molecule has 2 aromatic rings. The van der Waals surface area contributed by atoms with Crippen molar-refractivity contribution in [1.29, 1.82) is 0 Å². The van der Waals surface area contributed by atoms with Gasteiger partial charge in [-0.1, -0.05) is 12.1 Å². The number of ether oxygens (including phenoxy) is 1. The monoisotopic (exact) mass is 356 g/mol. The van der Waals surface area contributed by atoms with Crippen LogP contribution in [0.15, 0.2) is 34.8 Å². The number of Topliss-reactive ketones (excluding diaryl/α,β-unsaturated/α-hetero) is 1. The van der Waals surface area contributed by atoms with Crippen molar-refractivity contribution >= 4 is 29.6 Å². The molecule has 0 fully saturated rings. The maximum absolute atomic E-state index is 12.1. The van der Waals surface area contributed by atoms with Crippen molar-refractivity contribution in [2.45, 2.75) is 20.8 Å². The molecule has 0 spiro atoms. The zero-order valence-electron chi connectivity index (χ0n) is 14.8. The smallest absolute Gasteiger partial charge is 0.255 e. The maximum Gasteiger partial charge on any atom is 0.255 e. The minimum Gasteiger partial charge on any atom is -0.494 e. The summed E-state index contributed by atoms with van der Waals surface area (Å²) < 4.78 is 10.7. The molecule has 0 aliphatic carbocycles. The number of ketones is 1. The average molecular weight is 356 g/mol. The minimum atomic E-state index is -0.849. The Bertz CT molecular complexity index is 863. The van der Waals surface area contributed by atoms with E-state index in [0.29, 0.717) is 6.61 Å². The van der Waals surface area contributed by atoms with Crippen molar-refractivity contribution in [2.75, 3.05) is 11.9 Å². The highest BCUT2D eigenvalue weighted by molar-refractivity contribution is 6.13. The maximum atomic E-state index is 12.1. The molecule has 1 heterocycles. The Morgan fingerprint density at radius 1 is 1.19 bits per heavy atom. The normalized spacial score (nSPS) is 10.7. The van der Waals surface area contributed by atoms with Gasteiger partial charge in [-0.25, -0.2) is 0 Å². The minimum absolute atomic E-state index is 0.0725. The van der Waals surface area contributed by atoms with Crippen LogP contribution in [0, 0.1) is 6.92 Å². The van der Waals surface area contributed by atoms with Crippen LogP contribution in [0.4, 0.5) is 5.88 Å².